The molecule has 2 N–H and O–H groups in total. The molecule has 1 aromatic carbocycles. The third kappa shape index (κ3) is 2.62. The number of anilines is 2. The number of nitrogens with zero attached hydrogens (tertiary/aromatic N) is 2. The van der Waals surface area contributed by atoms with Crippen molar-refractivity contribution in [3.05, 3.63) is 58.3 Å². The smallest absolute Gasteiger partial charge is 0.356 e. The van der Waals surface area contributed by atoms with E-state index < -0.39 is 5.97 Å². The number of hydrogen-bond donors (Lipinski definition) is 2. The van der Waals surface area contributed by atoms with Crippen LogP contribution in [0.2, 0.25) is 0 Å². The molecular weight excluding hydrogens is 334 g/mol. The Hall–Kier alpha value is -2.34. The van der Waals surface area contributed by atoms with Crippen molar-refractivity contribution < 1.29 is 9.90 Å². The van der Waals surface area contributed by atoms with Crippen LogP contribution in [0.5, 0.6) is 0 Å². The molecule has 0 amide bonds. The molecule has 0 atom stereocenters. The summed E-state index contributed by atoms with van der Waals surface area (Å²) in [7, 11) is 0. The van der Waals surface area contributed by atoms with Gasteiger partial charge in [-0.2, -0.15) is 0 Å². The molecule has 2 aromatic heterocycles. The van der Waals surface area contributed by atoms with E-state index in [1.54, 1.807) is 22.7 Å². The van der Waals surface area contributed by atoms with Crippen molar-refractivity contribution in [1.82, 2.24) is 9.38 Å². The minimum atomic E-state index is -1.03. The van der Waals surface area contributed by atoms with E-state index in [0.717, 1.165) is 15.7 Å². The molecule has 0 saturated carbocycles. The number of aryl methyl sites for hydroxylation is 1. The van der Waals surface area contributed by atoms with Gasteiger partial charge in [0, 0.05) is 16.4 Å². The molecule has 6 heteroatoms. The Kier molecular flexibility index (Phi) is 3.39. The van der Waals surface area contributed by atoms with Gasteiger partial charge >= 0.3 is 5.97 Å². The highest BCUT2D eigenvalue weighted by Crippen LogP contribution is 2.25. The van der Waals surface area contributed by atoms with Crippen molar-refractivity contribution in [3.63, 3.8) is 0 Å². The molecule has 0 aliphatic rings. The van der Waals surface area contributed by atoms with Crippen molar-refractivity contribution in [3.8, 4) is 0 Å². The number of carboxylic acids is 1. The van der Waals surface area contributed by atoms with Crippen LogP contribution in [-0.2, 0) is 0 Å². The zero-order valence-corrected chi connectivity index (χ0v) is 12.8. The van der Waals surface area contributed by atoms with Crippen LogP contribution in [0.3, 0.4) is 0 Å². The standard InChI is InChI=1S/C15H12BrN3O2/c1-9-6-10(16)8-11(7-9)17-14-13(15(20)21)19-5-3-2-4-12(19)18-14/h2-8,17H,1H3,(H,20,21). The maximum Gasteiger partial charge on any atom is 0.356 e. The maximum absolute atomic E-state index is 11.5. The van der Waals surface area contributed by atoms with Crippen LogP contribution >= 0.6 is 15.9 Å². The molecule has 0 unspecified atom stereocenters. The second-order valence-corrected chi connectivity index (χ2v) is 5.60. The van der Waals surface area contributed by atoms with Crippen LogP contribution in [-0.4, -0.2) is 20.5 Å². The highest BCUT2D eigenvalue weighted by Gasteiger charge is 2.18. The fraction of sp³-hybridized carbons (Fsp3) is 0.0667. The highest BCUT2D eigenvalue weighted by atomic mass is 79.9. The van der Waals surface area contributed by atoms with Crippen LogP contribution in [0, 0.1) is 6.92 Å². The summed E-state index contributed by atoms with van der Waals surface area (Å²) in [4.78, 5) is 15.9. The highest BCUT2D eigenvalue weighted by molar-refractivity contribution is 9.10. The first-order valence-corrected chi connectivity index (χ1v) is 7.08. The molecule has 3 rings (SSSR count). The van der Waals surface area contributed by atoms with E-state index in [1.807, 2.05) is 31.2 Å². The second kappa shape index (κ2) is 5.21. The van der Waals surface area contributed by atoms with Crippen molar-refractivity contribution in [2.24, 2.45) is 0 Å². The molecule has 0 aliphatic heterocycles. The minimum Gasteiger partial charge on any atom is -0.476 e. The number of carbonyl (C=O) groups is 1. The fourth-order valence-electron chi connectivity index (χ4n) is 2.23. The number of benzene rings is 1. The number of pyridine rings is 1. The Labute approximate surface area is 129 Å². The first-order valence-electron chi connectivity index (χ1n) is 6.29. The first kappa shape index (κ1) is 13.6. The lowest BCUT2D eigenvalue weighted by atomic mass is 10.2. The summed E-state index contributed by atoms with van der Waals surface area (Å²) in [5.41, 5.74) is 2.55. The largest absolute Gasteiger partial charge is 0.476 e. The van der Waals surface area contributed by atoms with E-state index in [-0.39, 0.29) is 5.69 Å². The summed E-state index contributed by atoms with van der Waals surface area (Å²) in [6, 6.07) is 11.1. The van der Waals surface area contributed by atoms with Crippen LogP contribution < -0.4 is 5.32 Å². The average molecular weight is 346 g/mol. The number of rotatable bonds is 3. The Balaban J connectivity index is 2.11. The summed E-state index contributed by atoms with van der Waals surface area (Å²) in [5, 5.41) is 12.5. The van der Waals surface area contributed by atoms with Gasteiger partial charge in [-0.25, -0.2) is 9.78 Å². The Morgan fingerprint density at radius 1 is 1.33 bits per heavy atom. The Bertz CT molecular complexity index is 822. The van der Waals surface area contributed by atoms with Crippen LogP contribution in [0.4, 0.5) is 11.5 Å². The maximum atomic E-state index is 11.5. The van der Waals surface area contributed by atoms with E-state index in [4.69, 9.17) is 0 Å². The molecule has 0 saturated heterocycles. The molecular formula is C15H12BrN3O2. The Morgan fingerprint density at radius 2 is 2.14 bits per heavy atom. The normalized spacial score (nSPS) is 10.8. The summed E-state index contributed by atoms with van der Waals surface area (Å²) >= 11 is 3.43. The zero-order chi connectivity index (χ0) is 15.0. The lowest BCUT2D eigenvalue weighted by Gasteiger charge is -2.06. The number of fused-ring (bicyclic) bond motifs is 1. The molecule has 0 fully saturated rings. The van der Waals surface area contributed by atoms with Crippen molar-refractivity contribution >= 4 is 39.1 Å². The van der Waals surface area contributed by atoms with Gasteiger partial charge in [-0.15, -0.1) is 0 Å². The first-order chi connectivity index (χ1) is 10.0. The van der Waals surface area contributed by atoms with Crippen LogP contribution in [0.15, 0.2) is 47.1 Å². The lowest BCUT2D eigenvalue weighted by Crippen LogP contribution is -2.05. The van der Waals surface area contributed by atoms with Gasteiger partial charge in [0.25, 0.3) is 0 Å². The number of carboxylic acid groups (broad SMARTS) is 1. The zero-order valence-electron chi connectivity index (χ0n) is 11.2. The summed E-state index contributed by atoms with van der Waals surface area (Å²) in [6.07, 6.45) is 1.68. The molecule has 2 heterocycles. The lowest BCUT2D eigenvalue weighted by molar-refractivity contribution is 0.0690. The van der Waals surface area contributed by atoms with E-state index in [0.29, 0.717) is 11.5 Å². The number of aromatic nitrogens is 2. The molecule has 0 radical (unpaired) electrons. The molecule has 106 valence electrons. The van der Waals surface area contributed by atoms with Crippen molar-refractivity contribution in [2.45, 2.75) is 6.92 Å². The summed E-state index contributed by atoms with van der Waals surface area (Å²) in [5.74, 6) is -0.700. The predicted molar refractivity (Wildman–Crippen MR) is 84.3 cm³/mol. The van der Waals surface area contributed by atoms with Gasteiger partial charge in [0.05, 0.1) is 0 Å². The molecule has 0 aliphatic carbocycles. The summed E-state index contributed by atoms with van der Waals surface area (Å²) < 4.78 is 2.47. The molecule has 0 spiro atoms. The van der Waals surface area contributed by atoms with E-state index in [1.165, 1.54) is 0 Å². The van der Waals surface area contributed by atoms with E-state index in [2.05, 4.69) is 26.2 Å². The molecule has 21 heavy (non-hydrogen) atoms. The number of aromatic carboxylic acids is 1. The third-order valence-corrected chi connectivity index (χ3v) is 3.50. The minimum absolute atomic E-state index is 0.114. The van der Waals surface area contributed by atoms with E-state index in [9.17, 15) is 9.90 Å². The van der Waals surface area contributed by atoms with Gasteiger partial charge in [-0.05, 0) is 42.8 Å². The number of imidazole rings is 1. The SMILES string of the molecule is Cc1cc(Br)cc(Nc2nc3ccccn3c2C(=O)O)c1. The molecule has 0 bridgehead atoms. The van der Waals surface area contributed by atoms with Crippen molar-refractivity contribution in [2.75, 3.05) is 5.32 Å². The third-order valence-electron chi connectivity index (χ3n) is 3.04. The van der Waals surface area contributed by atoms with Gasteiger partial charge in [0.15, 0.2) is 11.5 Å². The van der Waals surface area contributed by atoms with Crippen LogP contribution in [0.1, 0.15) is 16.1 Å². The van der Waals surface area contributed by atoms with Gasteiger partial charge in [-0.1, -0.05) is 22.0 Å². The van der Waals surface area contributed by atoms with Gasteiger partial charge in [0.1, 0.15) is 5.65 Å². The molecule has 5 nitrogen and oxygen atoms in total. The number of nitrogens with one attached hydrogen (secondary N) is 1. The summed E-state index contributed by atoms with van der Waals surface area (Å²) in [6.45, 7) is 1.97. The van der Waals surface area contributed by atoms with E-state index >= 15 is 0 Å². The van der Waals surface area contributed by atoms with Gasteiger partial charge in [-0.3, -0.25) is 4.40 Å². The molecule has 3 aromatic rings. The Morgan fingerprint density at radius 3 is 2.86 bits per heavy atom. The fourth-order valence-corrected chi connectivity index (χ4v) is 2.84. The quantitative estimate of drug-likeness (QED) is 0.756. The average Bonchev–Trinajstić information content (AvgIpc) is 2.75. The topological polar surface area (TPSA) is 66.6 Å². The second-order valence-electron chi connectivity index (χ2n) is 4.69. The van der Waals surface area contributed by atoms with Gasteiger partial charge in [0.2, 0.25) is 0 Å². The van der Waals surface area contributed by atoms with Crippen LogP contribution in [0.25, 0.3) is 5.65 Å². The van der Waals surface area contributed by atoms with Gasteiger partial charge < -0.3 is 10.4 Å². The number of halogens is 1. The predicted octanol–water partition coefficient (Wildman–Crippen LogP) is 3.85. The van der Waals surface area contributed by atoms with Crippen molar-refractivity contribution in [1.29, 1.82) is 0 Å². The monoisotopic (exact) mass is 345 g/mol. The number of hydrogen-bond acceptors (Lipinski definition) is 3.